The van der Waals surface area contributed by atoms with Crippen molar-refractivity contribution in [3.63, 3.8) is 0 Å². The summed E-state index contributed by atoms with van der Waals surface area (Å²) in [4.78, 5) is 16.9. The van der Waals surface area contributed by atoms with E-state index in [0.717, 1.165) is 41.0 Å². The normalized spacial score (nSPS) is 14.0. The maximum absolute atomic E-state index is 12.7. The fourth-order valence-electron chi connectivity index (χ4n) is 4.14. The summed E-state index contributed by atoms with van der Waals surface area (Å²) in [5.74, 6) is 0.121. The van der Waals surface area contributed by atoms with Crippen LogP contribution in [-0.2, 0) is 18.3 Å². The summed E-state index contributed by atoms with van der Waals surface area (Å²) < 4.78 is 3.69. The summed E-state index contributed by atoms with van der Waals surface area (Å²) in [5, 5.41) is 17.7. The van der Waals surface area contributed by atoms with Crippen LogP contribution in [-0.4, -0.2) is 56.4 Å². The van der Waals surface area contributed by atoms with Crippen LogP contribution in [0.15, 0.2) is 61.2 Å². The van der Waals surface area contributed by atoms with E-state index in [0.29, 0.717) is 25.1 Å². The largest absolute Gasteiger partial charge is 0.365 e. The first-order valence-corrected chi connectivity index (χ1v) is 10.6. The van der Waals surface area contributed by atoms with E-state index in [1.54, 1.807) is 16.8 Å². The monoisotopic (exact) mass is 425 g/mol. The predicted octanol–water partition coefficient (Wildman–Crippen LogP) is 2.50. The topological polar surface area (TPSA) is 82.5 Å². The average Bonchev–Trinajstić information content (AvgIpc) is 3.45. The Hall–Kier alpha value is -4.12. The van der Waals surface area contributed by atoms with E-state index < -0.39 is 0 Å². The van der Waals surface area contributed by atoms with Crippen molar-refractivity contribution in [2.24, 2.45) is 7.05 Å². The second-order valence-corrected chi connectivity index (χ2v) is 8.03. The van der Waals surface area contributed by atoms with Crippen LogP contribution >= 0.6 is 0 Å². The third kappa shape index (κ3) is 3.81. The second kappa shape index (κ2) is 8.19. The number of anilines is 1. The molecular formula is C24H23N7O. The highest BCUT2D eigenvalue weighted by Crippen LogP contribution is 2.26. The zero-order chi connectivity index (χ0) is 22.1. The Bertz CT molecular complexity index is 1300. The third-order valence-electron chi connectivity index (χ3n) is 5.95. The Morgan fingerprint density at radius 1 is 0.969 bits per heavy atom. The highest BCUT2D eigenvalue weighted by atomic mass is 16.2. The maximum Gasteiger partial charge on any atom is 0.227 e. The zero-order valence-electron chi connectivity index (χ0n) is 17.8. The number of aromatic nitrogens is 4. The first-order valence-electron chi connectivity index (χ1n) is 10.6. The predicted molar refractivity (Wildman–Crippen MR) is 121 cm³/mol. The highest BCUT2D eigenvalue weighted by molar-refractivity contribution is 5.80. The van der Waals surface area contributed by atoms with Gasteiger partial charge in [-0.25, -0.2) is 4.52 Å². The van der Waals surface area contributed by atoms with Gasteiger partial charge in [-0.05, 0) is 23.8 Å². The fourth-order valence-corrected chi connectivity index (χ4v) is 4.14. The Kier molecular flexibility index (Phi) is 5.07. The van der Waals surface area contributed by atoms with Gasteiger partial charge in [0.25, 0.3) is 0 Å². The Morgan fingerprint density at radius 2 is 1.75 bits per heavy atom. The third-order valence-corrected chi connectivity index (χ3v) is 5.95. The molecule has 5 rings (SSSR count). The van der Waals surface area contributed by atoms with Crippen molar-refractivity contribution in [3.05, 3.63) is 72.3 Å². The van der Waals surface area contributed by atoms with E-state index >= 15 is 0 Å². The first kappa shape index (κ1) is 19.8. The van der Waals surface area contributed by atoms with E-state index in [-0.39, 0.29) is 5.91 Å². The number of piperazine rings is 1. The molecule has 4 heterocycles. The number of hydrogen-bond acceptors (Lipinski definition) is 5. The van der Waals surface area contributed by atoms with Crippen molar-refractivity contribution in [1.29, 1.82) is 5.26 Å². The van der Waals surface area contributed by atoms with E-state index in [4.69, 9.17) is 5.26 Å². The first-order chi connectivity index (χ1) is 15.6. The zero-order valence-corrected chi connectivity index (χ0v) is 17.8. The van der Waals surface area contributed by atoms with Gasteiger partial charge in [-0.3, -0.25) is 9.48 Å². The number of benzene rings is 1. The van der Waals surface area contributed by atoms with Gasteiger partial charge in [0.2, 0.25) is 5.91 Å². The van der Waals surface area contributed by atoms with Crippen LogP contribution < -0.4 is 4.90 Å². The van der Waals surface area contributed by atoms with Crippen LogP contribution in [0.2, 0.25) is 0 Å². The van der Waals surface area contributed by atoms with E-state index in [9.17, 15) is 4.79 Å². The van der Waals surface area contributed by atoms with Crippen molar-refractivity contribution < 1.29 is 4.79 Å². The highest BCUT2D eigenvalue weighted by Gasteiger charge is 2.23. The van der Waals surface area contributed by atoms with Crippen molar-refractivity contribution in [1.82, 2.24) is 24.3 Å². The molecule has 32 heavy (non-hydrogen) atoms. The minimum atomic E-state index is 0.121. The standard InChI is InChI=1S/C24H23N7O/c1-28-16-21(14-26-28)20-6-7-22-23(15-27-31(22)17-20)29-8-10-30(11-9-29)24(32)12-18-2-4-19(13-25)5-3-18/h2-7,14-17H,8-12H2,1H3. The van der Waals surface area contributed by atoms with Crippen molar-refractivity contribution >= 4 is 17.1 Å². The van der Waals surface area contributed by atoms with Gasteiger partial charge >= 0.3 is 0 Å². The minimum absolute atomic E-state index is 0.121. The molecule has 0 saturated carbocycles. The molecule has 8 nitrogen and oxygen atoms in total. The van der Waals surface area contributed by atoms with Crippen molar-refractivity contribution in [2.75, 3.05) is 31.1 Å². The number of amides is 1. The van der Waals surface area contributed by atoms with E-state index in [2.05, 4.69) is 33.3 Å². The summed E-state index contributed by atoms with van der Waals surface area (Å²) in [5.41, 5.74) is 5.80. The van der Waals surface area contributed by atoms with Gasteiger partial charge in [0.05, 0.1) is 41.7 Å². The molecule has 1 aliphatic heterocycles. The summed E-state index contributed by atoms with van der Waals surface area (Å²) in [6, 6.07) is 13.5. The Labute approximate surface area is 185 Å². The quantitative estimate of drug-likeness (QED) is 0.502. The molecular weight excluding hydrogens is 402 g/mol. The number of hydrogen-bond donors (Lipinski definition) is 0. The van der Waals surface area contributed by atoms with E-state index in [1.807, 2.05) is 53.4 Å². The van der Waals surface area contributed by atoms with Gasteiger partial charge < -0.3 is 9.80 Å². The smallest absolute Gasteiger partial charge is 0.227 e. The molecule has 1 aliphatic rings. The fraction of sp³-hybridized carbons (Fsp3) is 0.250. The SMILES string of the molecule is Cn1cc(-c2ccc3c(N4CCN(C(=O)Cc5ccc(C#N)cc5)CC4)cnn3c2)cn1. The Balaban J connectivity index is 1.24. The number of pyridine rings is 1. The van der Waals surface area contributed by atoms with E-state index in [1.165, 1.54) is 0 Å². The number of nitriles is 1. The lowest BCUT2D eigenvalue weighted by Crippen LogP contribution is -2.49. The minimum Gasteiger partial charge on any atom is -0.365 e. The molecule has 1 amide bonds. The van der Waals surface area contributed by atoms with Crippen LogP contribution in [0, 0.1) is 11.3 Å². The van der Waals surface area contributed by atoms with Gasteiger partial charge in [-0.1, -0.05) is 18.2 Å². The molecule has 8 heteroatoms. The van der Waals surface area contributed by atoms with Gasteiger partial charge in [-0.15, -0.1) is 0 Å². The molecule has 0 N–H and O–H groups in total. The lowest BCUT2D eigenvalue weighted by atomic mass is 10.1. The molecule has 0 radical (unpaired) electrons. The lowest BCUT2D eigenvalue weighted by molar-refractivity contribution is -0.130. The lowest BCUT2D eigenvalue weighted by Gasteiger charge is -2.35. The number of fused-ring (bicyclic) bond motifs is 1. The molecule has 160 valence electrons. The van der Waals surface area contributed by atoms with Crippen LogP contribution in [0.5, 0.6) is 0 Å². The molecule has 0 spiro atoms. The van der Waals surface area contributed by atoms with Gasteiger partial charge in [0.15, 0.2) is 0 Å². The van der Waals surface area contributed by atoms with Crippen molar-refractivity contribution in [2.45, 2.75) is 6.42 Å². The van der Waals surface area contributed by atoms with Crippen LogP contribution in [0.4, 0.5) is 5.69 Å². The van der Waals surface area contributed by atoms with Gasteiger partial charge in [0.1, 0.15) is 0 Å². The summed E-state index contributed by atoms with van der Waals surface area (Å²) in [6.45, 7) is 2.90. The number of nitrogens with zero attached hydrogens (tertiary/aromatic N) is 7. The molecule has 1 aromatic carbocycles. The van der Waals surface area contributed by atoms with Crippen molar-refractivity contribution in [3.8, 4) is 17.2 Å². The molecule has 3 aromatic heterocycles. The summed E-state index contributed by atoms with van der Waals surface area (Å²) in [7, 11) is 1.91. The maximum atomic E-state index is 12.7. The summed E-state index contributed by atoms with van der Waals surface area (Å²) >= 11 is 0. The van der Waals surface area contributed by atoms with Gasteiger partial charge in [-0.2, -0.15) is 15.5 Å². The number of carbonyl (C=O) groups excluding carboxylic acids is 1. The Morgan fingerprint density at radius 3 is 2.44 bits per heavy atom. The average molecular weight is 425 g/mol. The second-order valence-electron chi connectivity index (χ2n) is 8.03. The molecule has 0 aliphatic carbocycles. The molecule has 1 fully saturated rings. The van der Waals surface area contributed by atoms with Crippen LogP contribution in [0.25, 0.3) is 16.6 Å². The number of rotatable bonds is 4. The van der Waals surface area contributed by atoms with Gasteiger partial charge in [0, 0.05) is 56.7 Å². The molecule has 0 unspecified atom stereocenters. The number of aryl methyl sites for hydroxylation is 1. The molecule has 4 aromatic rings. The summed E-state index contributed by atoms with van der Waals surface area (Å²) in [6.07, 6.45) is 8.11. The molecule has 0 bridgehead atoms. The van der Waals surface area contributed by atoms with Crippen LogP contribution in [0.1, 0.15) is 11.1 Å². The molecule has 1 saturated heterocycles. The number of carbonyl (C=O) groups is 1. The van der Waals surface area contributed by atoms with Crippen LogP contribution in [0.3, 0.4) is 0 Å². The molecule has 0 atom stereocenters.